The molecule has 0 radical (unpaired) electrons. The standard InChI is InChI=1S/C17H25N6O5P/c1-5-26-29(24,27-6-2)12-25-14-8-7-13(28-14)23-11-20-15-16(21-10-22(3)4)18-9-19-17(15)23/h7-11,13-14H,5-6,12H2,1-4H3/t13-,14+/m1/s1. The van der Waals surface area contributed by atoms with Crippen LogP contribution in [-0.4, -0.2) is 70.7 Å². The van der Waals surface area contributed by atoms with Gasteiger partial charge in [-0.2, -0.15) is 0 Å². The van der Waals surface area contributed by atoms with Gasteiger partial charge in [0.1, 0.15) is 6.33 Å². The molecule has 1 aliphatic rings. The Morgan fingerprint density at radius 1 is 1.24 bits per heavy atom. The molecule has 0 spiro atoms. The highest BCUT2D eigenvalue weighted by Gasteiger charge is 2.29. The van der Waals surface area contributed by atoms with Crippen molar-refractivity contribution >= 4 is 30.9 Å². The van der Waals surface area contributed by atoms with Gasteiger partial charge >= 0.3 is 7.60 Å². The summed E-state index contributed by atoms with van der Waals surface area (Å²) < 4.78 is 36.1. The van der Waals surface area contributed by atoms with Gasteiger partial charge in [-0.05, 0) is 26.0 Å². The molecule has 0 unspecified atom stereocenters. The average Bonchev–Trinajstić information content (AvgIpc) is 3.32. The Bertz CT molecular complexity index is 920. The van der Waals surface area contributed by atoms with Crippen molar-refractivity contribution in [2.45, 2.75) is 26.4 Å². The number of hydrogen-bond acceptors (Lipinski definition) is 9. The maximum atomic E-state index is 12.5. The number of fused-ring (bicyclic) bond motifs is 1. The van der Waals surface area contributed by atoms with Crippen LogP contribution < -0.4 is 0 Å². The fraction of sp³-hybridized carbons (Fsp3) is 0.529. The molecule has 1 aliphatic heterocycles. The smallest absolute Gasteiger partial charge is 0.356 e. The molecule has 0 aromatic carbocycles. The molecule has 3 rings (SSSR count). The van der Waals surface area contributed by atoms with Crippen LogP contribution in [0.2, 0.25) is 0 Å². The molecule has 0 bridgehead atoms. The first-order chi connectivity index (χ1) is 14.0. The summed E-state index contributed by atoms with van der Waals surface area (Å²) in [5.74, 6) is 0.464. The predicted octanol–water partition coefficient (Wildman–Crippen LogP) is 2.70. The van der Waals surface area contributed by atoms with Crippen LogP contribution >= 0.6 is 7.60 Å². The summed E-state index contributed by atoms with van der Waals surface area (Å²) in [4.78, 5) is 18.9. The minimum atomic E-state index is -3.31. The molecule has 2 aromatic rings. The largest absolute Gasteiger partial charge is 0.369 e. The quantitative estimate of drug-likeness (QED) is 0.246. The summed E-state index contributed by atoms with van der Waals surface area (Å²) in [7, 11) is 0.429. The fourth-order valence-corrected chi connectivity index (χ4v) is 3.97. The van der Waals surface area contributed by atoms with Crippen LogP contribution in [0, 0.1) is 0 Å². The molecule has 0 N–H and O–H groups in total. The van der Waals surface area contributed by atoms with Gasteiger partial charge in [0.15, 0.2) is 35.8 Å². The van der Waals surface area contributed by atoms with E-state index in [1.54, 1.807) is 42.1 Å². The lowest BCUT2D eigenvalue weighted by atomic mass is 10.4. The highest BCUT2D eigenvalue weighted by Crippen LogP contribution is 2.48. The molecular weight excluding hydrogens is 399 g/mol. The first kappa shape index (κ1) is 21.5. The van der Waals surface area contributed by atoms with Crippen LogP contribution in [0.15, 0.2) is 29.8 Å². The molecule has 2 aromatic heterocycles. The monoisotopic (exact) mass is 424 g/mol. The highest BCUT2D eigenvalue weighted by atomic mass is 31.2. The van der Waals surface area contributed by atoms with Crippen LogP contribution in [0.3, 0.4) is 0 Å². The SMILES string of the molecule is CCOP(=O)(CO[C@@H]1C=C[C@H](n2cnc3c(N=CN(C)C)ncnc32)O1)OCC. The molecular formula is C17H25N6O5P. The van der Waals surface area contributed by atoms with Crippen molar-refractivity contribution in [2.24, 2.45) is 4.99 Å². The fourth-order valence-electron chi connectivity index (χ4n) is 2.63. The van der Waals surface area contributed by atoms with Crippen LogP contribution in [0.25, 0.3) is 11.2 Å². The summed E-state index contributed by atoms with van der Waals surface area (Å²) in [6, 6.07) is 0. The van der Waals surface area contributed by atoms with Gasteiger partial charge in [0.2, 0.25) is 0 Å². The van der Waals surface area contributed by atoms with Gasteiger partial charge in [-0.15, -0.1) is 0 Å². The zero-order valence-electron chi connectivity index (χ0n) is 16.8. The summed E-state index contributed by atoms with van der Waals surface area (Å²) >= 11 is 0. The van der Waals surface area contributed by atoms with Crippen LogP contribution in [0.1, 0.15) is 20.1 Å². The second-order valence-corrected chi connectivity index (χ2v) is 8.25. The maximum Gasteiger partial charge on any atom is 0.356 e. The Balaban J connectivity index is 1.69. The molecule has 0 saturated heterocycles. The summed E-state index contributed by atoms with van der Waals surface area (Å²) in [6.07, 6.45) is 6.84. The molecule has 2 atom stereocenters. The number of rotatable bonds is 10. The van der Waals surface area contributed by atoms with E-state index in [1.807, 2.05) is 20.2 Å². The molecule has 0 fully saturated rings. The third-order valence-corrected chi connectivity index (χ3v) is 5.55. The van der Waals surface area contributed by atoms with Crippen molar-refractivity contribution in [2.75, 3.05) is 33.7 Å². The Kier molecular flexibility index (Phi) is 7.09. The molecule has 12 heteroatoms. The van der Waals surface area contributed by atoms with E-state index in [0.29, 0.717) is 17.0 Å². The highest BCUT2D eigenvalue weighted by molar-refractivity contribution is 7.53. The minimum Gasteiger partial charge on any atom is -0.369 e. The van der Waals surface area contributed by atoms with Crippen LogP contribution in [-0.2, 0) is 23.1 Å². The summed E-state index contributed by atoms with van der Waals surface area (Å²) in [6.45, 7) is 4.03. The second kappa shape index (κ2) is 9.55. The third kappa shape index (κ3) is 5.26. The van der Waals surface area contributed by atoms with Crippen molar-refractivity contribution in [1.29, 1.82) is 0 Å². The zero-order chi connectivity index (χ0) is 20.9. The molecule has 29 heavy (non-hydrogen) atoms. The van der Waals surface area contributed by atoms with Crippen LogP contribution in [0.4, 0.5) is 5.82 Å². The number of hydrogen-bond donors (Lipinski definition) is 0. The number of imidazole rings is 1. The van der Waals surface area contributed by atoms with E-state index < -0.39 is 20.1 Å². The summed E-state index contributed by atoms with van der Waals surface area (Å²) in [5.41, 5.74) is 1.14. The Morgan fingerprint density at radius 2 is 2.00 bits per heavy atom. The number of aliphatic imine (C=N–C) groups is 1. The van der Waals surface area contributed by atoms with E-state index in [4.69, 9.17) is 18.5 Å². The lowest BCUT2D eigenvalue weighted by Crippen LogP contribution is -2.17. The number of ether oxygens (including phenoxy) is 2. The average molecular weight is 424 g/mol. The molecule has 158 valence electrons. The molecule has 3 heterocycles. The van der Waals surface area contributed by atoms with E-state index in [-0.39, 0.29) is 19.6 Å². The van der Waals surface area contributed by atoms with E-state index in [9.17, 15) is 4.57 Å². The van der Waals surface area contributed by atoms with Crippen molar-refractivity contribution in [3.63, 3.8) is 0 Å². The first-order valence-electron chi connectivity index (χ1n) is 9.17. The first-order valence-corrected chi connectivity index (χ1v) is 10.9. The Hall–Kier alpha value is -2.17. The van der Waals surface area contributed by atoms with Gasteiger partial charge in [-0.25, -0.2) is 19.9 Å². The molecule has 0 saturated carbocycles. The topological polar surface area (TPSA) is 113 Å². The van der Waals surface area contributed by atoms with Gasteiger partial charge in [0.05, 0.1) is 25.9 Å². The molecule has 0 amide bonds. The Labute approximate surface area is 168 Å². The van der Waals surface area contributed by atoms with Crippen molar-refractivity contribution in [1.82, 2.24) is 24.4 Å². The van der Waals surface area contributed by atoms with Gasteiger partial charge in [-0.3, -0.25) is 9.13 Å². The third-order valence-electron chi connectivity index (χ3n) is 3.78. The number of aromatic nitrogens is 4. The van der Waals surface area contributed by atoms with E-state index in [0.717, 1.165) is 0 Å². The minimum absolute atomic E-state index is 0.202. The van der Waals surface area contributed by atoms with E-state index >= 15 is 0 Å². The van der Waals surface area contributed by atoms with Crippen molar-refractivity contribution in [3.05, 3.63) is 24.8 Å². The zero-order valence-corrected chi connectivity index (χ0v) is 17.7. The van der Waals surface area contributed by atoms with E-state index in [2.05, 4.69) is 19.9 Å². The second-order valence-electron chi connectivity index (χ2n) is 6.25. The summed E-state index contributed by atoms with van der Waals surface area (Å²) in [5, 5.41) is 0. The molecule has 0 aliphatic carbocycles. The normalized spacial score (nSPS) is 19.6. The lowest BCUT2D eigenvalue weighted by Gasteiger charge is -2.20. The van der Waals surface area contributed by atoms with Gasteiger partial charge < -0.3 is 23.4 Å². The van der Waals surface area contributed by atoms with Crippen LogP contribution in [0.5, 0.6) is 0 Å². The van der Waals surface area contributed by atoms with Gasteiger partial charge in [0.25, 0.3) is 0 Å². The van der Waals surface area contributed by atoms with E-state index in [1.165, 1.54) is 6.33 Å². The van der Waals surface area contributed by atoms with Gasteiger partial charge in [0, 0.05) is 14.1 Å². The maximum absolute atomic E-state index is 12.5. The van der Waals surface area contributed by atoms with Crippen molar-refractivity contribution in [3.8, 4) is 0 Å². The molecule has 11 nitrogen and oxygen atoms in total. The predicted molar refractivity (Wildman–Crippen MR) is 107 cm³/mol. The lowest BCUT2D eigenvalue weighted by molar-refractivity contribution is -0.126. The number of nitrogens with zero attached hydrogens (tertiary/aromatic N) is 6. The van der Waals surface area contributed by atoms with Crippen molar-refractivity contribution < 1.29 is 23.1 Å². The van der Waals surface area contributed by atoms with Gasteiger partial charge in [-0.1, -0.05) is 0 Å². The Morgan fingerprint density at radius 3 is 2.69 bits per heavy atom.